The van der Waals surface area contributed by atoms with Gasteiger partial charge in [0.05, 0.1) is 5.92 Å². The van der Waals surface area contributed by atoms with E-state index in [-0.39, 0.29) is 5.92 Å². The highest BCUT2D eigenvalue weighted by Gasteiger charge is 2.27. The Hall–Kier alpha value is -2.37. The second kappa shape index (κ2) is 9.94. The Morgan fingerprint density at radius 1 is 1.12 bits per heavy atom. The van der Waals surface area contributed by atoms with Crippen LogP contribution in [0.5, 0.6) is 5.75 Å². The average Bonchev–Trinajstić information content (AvgIpc) is 2.60. The molecule has 0 saturated heterocycles. The van der Waals surface area contributed by atoms with Crippen molar-refractivity contribution in [3.8, 4) is 5.75 Å². The summed E-state index contributed by atoms with van der Waals surface area (Å²) in [5.74, 6) is -0.587. The molecule has 0 fully saturated rings. The van der Waals surface area contributed by atoms with Gasteiger partial charge in [-0.3, -0.25) is 4.79 Å². The van der Waals surface area contributed by atoms with Crippen molar-refractivity contribution in [1.82, 2.24) is 5.32 Å². The number of ether oxygens (including phenoxy) is 1. The molecule has 2 aromatic carbocycles. The highest BCUT2D eigenvalue weighted by Crippen LogP contribution is 2.16. The molecule has 140 valence electrons. The zero-order chi connectivity index (χ0) is 18.9. The van der Waals surface area contributed by atoms with Crippen LogP contribution in [0.2, 0.25) is 0 Å². The van der Waals surface area contributed by atoms with Gasteiger partial charge in [-0.25, -0.2) is 0 Å². The molecule has 0 aliphatic rings. The maximum Gasteiger partial charge on any atom is 0.308 e. The molecule has 0 bridgehead atoms. The maximum atomic E-state index is 11.3. The van der Waals surface area contributed by atoms with Gasteiger partial charge in [0, 0.05) is 19.1 Å². The van der Waals surface area contributed by atoms with E-state index in [2.05, 4.69) is 5.32 Å². The van der Waals surface area contributed by atoms with Gasteiger partial charge < -0.3 is 20.9 Å². The number of nitrogens with two attached hydrogens (primary N) is 1. The first-order valence-electron chi connectivity index (χ1n) is 8.92. The van der Waals surface area contributed by atoms with Crippen molar-refractivity contribution in [3.05, 3.63) is 65.7 Å². The Labute approximate surface area is 155 Å². The maximum absolute atomic E-state index is 11.3. The van der Waals surface area contributed by atoms with Crippen LogP contribution in [-0.4, -0.2) is 23.7 Å². The fourth-order valence-corrected chi connectivity index (χ4v) is 2.96. The number of hydrogen-bond acceptors (Lipinski definition) is 4. The summed E-state index contributed by atoms with van der Waals surface area (Å²) < 4.78 is 5.83. The Balaban J connectivity index is 1.83. The molecule has 0 heterocycles. The highest BCUT2D eigenvalue weighted by molar-refractivity contribution is 5.71. The van der Waals surface area contributed by atoms with E-state index in [0.29, 0.717) is 19.7 Å². The van der Waals surface area contributed by atoms with E-state index < -0.39 is 17.9 Å². The predicted octanol–water partition coefficient (Wildman–Crippen LogP) is 3.04. The molecule has 4 N–H and O–H groups in total. The average molecular weight is 356 g/mol. The lowest BCUT2D eigenvalue weighted by atomic mass is 9.89. The molecular weight excluding hydrogens is 328 g/mol. The zero-order valence-electron chi connectivity index (χ0n) is 15.4. The minimum Gasteiger partial charge on any atom is -0.489 e. The number of rotatable bonds is 10. The van der Waals surface area contributed by atoms with Gasteiger partial charge in [-0.05, 0) is 29.2 Å². The molecule has 1 unspecified atom stereocenters. The first-order chi connectivity index (χ1) is 12.5. The van der Waals surface area contributed by atoms with E-state index in [1.54, 1.807) is 0 Å². The quantitative estimate of drug-likeness (QED) is 0.609. The van der Waals surface area contributed by atoms with Gasteiger partial charge in [-0.1, -0.05) is 56.3 Å². The minimum atomic E-state index is -0.842. The van der Waals surface area contributed by atoms with Crippen LogP contribution in [0.1, 0.15) is 25.0 Å². The summed E-state index contributed by atoms with van der Waals surface area (Å²) in [7, 11) is 0. The molecule has 5 heteroatoms. The molecule has 0 aliphatic carbocycles. The Morgan fingerprint density at radius 2 is 1.81 bits per heavy atom. The highest BCUT2D eigenvalue weighted by atomic mass is 16.5. The molecule has 0 aromatic heterocycles. The molecule has 0 amide bonds. The molecule has 0 spiro atoms. The van der Waals surface area contributed by atoms with Crippen molar-refractivity contribution < 1.29 is 14.6 Å². The van der Waals surface area contributed by atoms with Crippen molar-refractivity contribution in [3.63, 3.8) is 0 Å². The third kappa shape index (κ3) is 6.17. The summed E-state index contributed by atoms with van der Waals surface area (Å²) in [6, 6.07) is 17.5. The fraction of sp³-hybridized carbons (Fsp3) is 0.381. The van der Waals surface area contributed by atoms with Crippen molar-refractivity contribution in [1.29, 1.82) is 0 Å². The van der Waals surface area contributed by atoms with Crippen molar-refractivity contribution in [2.45, 2.75) is 33.0 Å². The van der Waals surface area contributed by atoms with Crippen LogP contribution in [0.15, 0.2) is 54.6 Å². The largest absolute Gasteiger partial charge is 0.489 e. The van der Waals surface area contributed by atoms with Crippen LogP contribution in [0.4, 0.5) is 0 Å². The van der Waals surface area contributed by atoms with E-state index in [1.807, 2.05) is 68.4 Å². The number of nitrogens with one attached hydrogen (secondary N) is 1. The molecule has 2 aromatic rings. The number of aliphatic carboxylic acids is 1. The van der Waals surface area contributed by atoms with Gasteiger partial charge in [-0.2, -0.15) is 0 Å². The third-order valence-corrected chi connectivity index (χ3v) is 4.32. The SMILES string of the molecule is CC(C)[C@@H](C(=O)O)C(N)CNCc1cccc(OCc2ccccc2)c1. The Bertz CT molecular complexity index is 689. The minimum absolute atomic E-state index is 0.000913. The molecule has 0 saturated carbocycles. The summed E-state index contributed by atoms with van der Waals surface area (Å²) >= 11 is 0. The molecule has 0 radical (unpaired) electrons. The smallest absolute Gasteiger partial charge is 0.308 e. The number of carboxylic acid groups (broad SMARTS) is 1. The standard InChI is InChI=1S/C21H28N2O3/c1-15(2)20(21(24)25)19(22)13-23-12-17-9-6-10-18(11-17)26-14-16-7-4-3-5-8-16/h3-11,15,19-20,23H,12-14,22H2,1-2H3,(H,24,25)/t19?,20-/m1/s1. The van der Waals surface area contributed by atoms with Crippen LogP contribution in [0.3, 0.4) is 0 Å². The summed E-state index contributed by atoms with van der Waals surface area (Å²) in [5, 5.41) is 12.5. The van der Waals surface area contributed by atoms with E-state index in [9.17, 15) is 9.90 Å². The van der Waals surface area contributed by atoms with Gasteiger partial charge in [-0.15, -0.1) is 0 Å². The summed E-state index contributed by atoms with van der Waals surface area (Å²) in [6.07, 6.45) is 0. The van der Waals surface area contributed by atoms with Crippen LogP contribution >= 0.6 is 0 Å². The summed E-state index contributed by atoms with van der Waals surface area (Å²) in [6.45, 7) is 5.35. The van der Waals surface area contributed by atoms with E-state index >= 15 is 0 Å². The van der Waals surface area contributed by atoms with Crippen LogP contribution in [0, 0.1) is 11.8 Å². The first-order valence-corrected chi connectivity index (χ1v) is 8.92. The van der Waals surface area contributed by atoms with Crippen molar-refractivity contribution in [2.24, 2.45) is 17.6 Å². The number of carbonyl (C=O) groups is 1. The Morgan fingerprint density at radius 3 is 2.46 bits per heavy atom. The third-order valence-electron chi connectivity index (χ3n) is 4.32. The summed E-state index contributed by atoms with van der Waals surface area (Å²) in [5.41, 5.74) is 8.25. The van der Waals surface area contributed by atoms with E-state index in [1.165, 1.54) is 0 Å². The molecule has 0 aliphatic heterocycles. The number of carboxylic acids is 1. The molecular formula is C21H28N2O3. The lowest BCUT2D eigenvalue weighted by Crippen LogP contribution is -2.45. The van der Waals surface area contributed by atoms with Crippen molar-refractivity contribution >= 4 is 5.97 Å². The van der Waals surface area contributed by atoms with E-state index in [0.717, 1.165) is 16.9 Å². The topological polar surface area (TPSA) is 84.6 Å². The van der Waals surface area contributed by atoms with Crippen LogP contribution in [-0.2, 0) is 17.9 Å². The Kier molecular flexibility index (Phi) is 7.63. The van der Waals surface area contributed by atoms with Gasteiger partial charge in [0.25, 0.3) is 0 Å². The number of hydrogen-bond donors (Lipinski definition) is 3. The second-order valence-corrected chi connectivity index (χ2v) is 6.82. The predicted molar refractivity (Wildman–Crippen MR) is 103 cm³/mol. The molecule has 26 heavy (non-hydrogen) atoms. The van der Waals surface area contributed by atoms with Gasteiger partial charge in [0.1, 0.15) is 12.4 Å². The molecule has 2 atom stereocenters. The van der Waals surface area contributed by atoms with Gasteiger partial charge >= 0.3 is 5.97 Å². The van der Waals surface area contributed by atoms with Crippen LogP contribution in [0.25, 0.3) is 0 Å². The first kappa shape index (κ1) is 19.9. The van der Waals surface area contributed by atoms with Gasteiger partial charge in [0.2, 0.25) is 0 Å². The lowest BCUT2D eigenvalue weighted by molar-refractivity contribution is -0.144. The van der Waals surface area contributed by atoms with E-state index in [4.69, 9.17) is 10.5 Å². The van der Waals surface area contributed by atoms with Crippen molar-refractivity contribution in [2.75, 3.05) is 6.54 Å². The number of benzene rings is 2. The molecule has 2 rings (SSSR count). The monoisotopic (exact) mass is 356 g/mol. The zero-order valence-corrected chi connectivity index (χ0v) is 15.4. The fourth-order valence-electron chi connectivity index (χ4n) is 2.96. The normalized spacial score (nSPS) is 13.4. The lowest BCUT2D eigenvalue weighted by Gasteiger charge is -2.23. The second-order valence-electron chi connectivity index (χ2n) is 6.82. The van der Waals surface area contributed by atoms with Gasteiger partial charge in [0.15, 0.2) is 0 Å². The molecule has 5 nitrogen and oxygen atoms in total. The summed E-state index contributed by atoms with van der Waals surface area (Å²) in [4.78, 5) is 11.3. The van der Waals surface area contributed by atoms with Crippen LogP contribution < -0.4 is 15.8 Å².